The molecular weight excluding hydrogens is 446 g/mol. The average molecular weight is 483 g/mol. The maximum atomic E-state index is 13.7. The van der Waals surface area contributed by atoms with Gasteiger partial charge in [0.15, 0.2) is 11.6 Å². The number of carbonyl (C=O) groups is 1. The Morgan fingerprint density at radius 3 is 2.85 bits per heavy atom. The van der Waals surface area contributed by atoms with Crippen LogP contribution in [0, 0.1) is 29.4 Å². The normalized spacial score (nSPS) is 28.0. The fourth-order valence-corrected chi connectivity index (χ4v) is 4.87. The smallest absolute Gasteiger partial charge is 0.306 e. The molecule has 6 nitrogen and oxygen atoms in total. The molecule has 0 spiro atoms. The second-order valence-corrected chi connectivity index (χ2v) is 9.63. The second kappa shape index (κ2) is 12.6. The Labute approximate surface area is 199 Å². The van der Waals surface area contributed by atoms with Gasteiger partial charge in [0, 0.05) is 31.4 Å². The molecule has 2 N–H and O–H groups in total. The molecule has 8 heteroatoms. The van der Waals surface area contributed by atoms with E-state index in [2.05, 4.69) is 0 Å². The fraction of sp³-hybridized carbons (Fsp3) is 0.654. The maximum Gasteiger partial charge on any atom is 0.306 e. The van der Waals surface area contributed by atoms with E-state index in [4.69, 9.17) is 14.2 Å². The number of hydrogen-bond donors (Lipinski definition) is 2. The molecule has 2 fully saturated rings. The lowest BCUT2D eigenvalue weighted by molar-refractivity contribution is -0.147. The standard InChI is InChI=1S/C26H36F2O6/c1-16(2)34-26(31)5-3-4-17-6-9-21-20(23(30)13-24(21)32-14-17)10-8-19(29)15-33-25-12-18(27)7-11-22(25)28/h7-8,10-12,16-17,19-21,23-24,29-30H,3-6,9,13-15H2,1-2H3/b10-8+/t17?,19-,20-,21-,23-,24-/m1/s1. The first-order valence-electron chi connectivity index (χ1n) is 12.2. The Hall–Kier alpha value is -2.03. The van der Waals surface area contributed by atoms with E-state index >= 15 is 0 Å². The van der Waals surface area contributed by atoms with Crippen LogP contribution >= 0.6 is 0 Å². The van der Waals surface area contributed by atoms with Crippen molar-refractivity contribution in [1.29, 1.82) is 0 Å². The maximum absolute atomic E-state index is 13.7. The molecule has 0 aromatic heterocycles. The van der Waals surface area contributed by atoms with Gasteiger partial charge in [0.2, 0.25) is 0 Å². The molecule has 1 heterocycles. The number of fused-ring (bicyclic) bond motifs is 1. The third kappa shape index (κ3) is 7.75. The Kier molecular flexibility index (Phi) is 9.85. The van der Waals surface area contributed by atoms with E-state index in [0.717, 1.165) is 43.9 Å². The van der Waals surface area contributed by atoms with Crippen LogP contribution in [0.2, 0.25) is 0 Å². The van der Waals surface area contributed by atoms with E-state index in [1.54, 1.807) is 6.08 Å². The van der Waals surface area contributed by atoms with Crippen LogP contribution in [0.3, 0.4) is 0 Å². The van der Waals surface area contributed by atoms with Crippen LogP contribution in [-0.2, 0) is 14.3 Å². The lowest BCUT2D eigenvalue weighted by Gasteiger charge is -2.21. The minimum Gasteiger partial charge on any atom is -0.487 e. The Morgan fingerprint density at radius 1 is 1.29 bits per heavy atom. The number of carbonyl (C=O) groups excluding carboxylic acids is 1. The van der Waals surface area contributed by atoms with Gasteiger partial charge >= 0.3 is 5.97 Å². The SMILES string of the molecule is CC(C)OC(=O)CCCC1CC[C@@H]2[C@@H](/C=C/[C@@H](O)COc3cc(F)ccc3F)[C@H](O)C[C@H]2OC1. The minimum absolute atomic E-state index is 0.0460. The van der Waals surface area contributed by atoms with E-state index in [-0.39, 0.29) is 42.4 Å². The Bertz CT molecular complexity index is 830. The van der Waals surface area contributed by atoms with Crippen molar-refractivity contribution in [2.45, 2.75) is 76.8 Å². The van der Waals surface area contributed by atoms with E-state index in [1.165, 1.54) is 6.08 Å². The van der Waals surface area contributed by atoms with Gasteiger partial charge in [0.05, 0.1) is 18.3 Å². The van der Waals surface area contributed by atoms with Gasteiger partial charge in [-0.2, -0.15) is 0 Å². The van der Waals surface area contributed by atoms with Gasteiger partial charge in [-0.1, -0.05) is 12.2 Å². The van der Waals surface area contributed by atoms with Gasteiger partial charge < -0.3 is 24.4 Å². The van der Waals surface area contributed by atoms with Crippen LogP contribution in [0.4, 0.5) is 8.78 Å². The van der Waals surface area contributed by atoms with E-state index < -0.39 is 23.8 Å². The molecule has 1 aliphatic carbocycles. The number of hydrogen-bond acceptors (Lipinski definition) is 6. The van der Waals surface area contributed by atoms with Crippen molar-refractivity contribution >= 4 is 5.97 Å². The van der Waals surface area contributed by atoms with Crippen LogP contribution in [0.5, 0.6) is 5.75 Å². The van der Waals surface area contributed by atoms with Crippen LogP contribution in [-0.4, -0.2) is 53.8 Å². The fourth-order valence-electron chi connectivity index (χ4n) is 4.87. The summed E-state index contributed by atoms with van der Waals surface area (Å²) in [6.07, 6.45) is 6.02. The molecule has 1 saturated carbocycles. The second-order valence-electron chi connectivity index (χ2n) is 9.63. The molecule has 1 saturated heterocycles. The summed E-state index contributed by atoms with van der Waals surface area (Å²) in [4.78, 5) is 11.7. The van der Waals surface area contributed by atoms with Crippen LogP contribution in [0.1, 0.15) is 52.4 Å². The Balaban J connectivity index is 1.47. The zero-order valence-electron chi connectivity index (χ0n) is 19.9. The molecule has 1 aromatic carbocycles. The predicted octanol–water partition coefficient (Wildman–Crippen LogP) is 4.17. The van der Waals surface area contributed by atoms with Crippen molar-refractivity contribution < 1.29 is 38.0 Å². The van der Waals surface area contributed by atoms with Gasteiger partial charge in [0.25, 0.3) is 0 Å². The minimum atomic E-state index is -1.03. The van der Waals surface area contributed by atoms with Crippen molar-refractivity contribution in [3.63, 3.8) is 0 Å². The quantitative estimate of drug-likeness (QED) is 0.385. The number of aliphatic hydroxyl groups excluding tert-OH is 2. The first-order valence-corrected chi connectivity index (χ1v) is 12.2. The van der Waals surface area contributed by atoms with Gasteiger partial charge in [-0.05, 0) is 63.5 Å². The molecule has 2 aliphatic rings. The van der Waals surface area contributed by atoms with Gasteiger partial charge in [0.1, 0.15) is 18.5 Å². The lowest BCUT2D eigenvalue weighted by Crippen LogP contribution is -2.22. The zero-order valence-corrected chi connectivity index (χ0v) is 19.9. The molecule has 1 unspecified atom stereocenters. The third-order valence-corrected chi connectivity index (χ3v) is 6.56. The van der Waals surface area contributed by atoms with Crippen molar-refractivity contribution in [2.24, 2.45) is 17.8 Å². The summed E-state index contributed by atoms with van der Waals surface area (Å²) in [6, 6.07) is 2.90. The predicted molar refractivity (Wildman–Crippen MR) is 122 cm³/mol. The monoisotopic (exact) mass is 482 g/mol. The highest BCUT2D eigenvalue weighted by Crippen LogP contribution is 2.42. The van der Waals surface area contributed by atoms with Crippen molar-refractivity contribution in [3.05, 3.63) is 42.0 Å². The number of esters is 1. The molecule has 3 rings (SSSR count). The number of halogens is 2. The van der Waals surface area contributed by atoms with Crippen LogP contribution in [0.25, 0.3) is 0 Å². The average Bonchev–Trinajstić information content (AvgIpc) is 2.94. The largest absolute Gasteiger partial charge is 0.487 e. The van der Waals surface area contributed by atoms with Crippen LogP contribution < -0.4 is 4.74 Å². The highest BCUT2D eigenvalue weighted by molar-refractivity contribution is 5.69. The number of rotatable bonds is 10. The highest BCUT2D eigenvalue weighted by Gasteiger charge is 2.43. The Morgan fingerprint density at radius 2 is 2.09 bits per heavy atom. The summed E-state index contributed by atoms with van der Waals surface area (Å²) in [6.45, 7) is 4.06. The van der Waals surface area contributed by atoms with Crippen molar-refractivity contribution in [1.82, 2.24) is 0 Å². The van der Waals surface area contributed by atoms with E-state index in [0.29, 0.717) is 25.4 Å². The molecule has 34 heavy (non-hydrogen) atoms. The summed E-state index contributed by atoms with van der Waals surface area (Å²) >= 11 is 0. The summed E-state index contributed by atoms with van der Waals surface area (Å²) in [5, 5.41) is 20.8. The molecule has 1 aliphatic heterocycles. The van der Waals surface area contributed by atoms with Crippen molar-refractivity contribution in [3.8, 4) is 5.75 Å². The summed E-state index contributed by atoms with van der Waals surface area (Å²) < 4.78 is 43.4. The zero-order chi connectivity index (χ0) is 24.7. The summed E-state index contributed by atoms with van der Waals surface area (Å²) in [7, 11) is 0. The van der Waals surface area contributed by atoms with Crippen molar-refractivity contribution in [2.75, 3.05) is 13.2 Å². The van der Waals surface area contributed by atoms with Crippen LogP contribution in [0.15, 0.2) is 30.4 Å². The van der Waals surface area contributed by atoms with Gasteiger partial charge in [-0.15, -0.1) is 0 Å². The van der Waals surface area contributed by atoms with E-state index in [9.17, 15) is 23.8 Å². The molecule has 190 valence electrons. The summed E-state index contributed by atoms with van der Waals surface area (Å²) in [5.41, 5.74) is 0. The molecular formula is C26H36F2O6. The highest BCUT2D eigenvalue weighted by atomic mass is 19.1. The molecule has 6 atom stereocenters. The van der Waals surface area contributed by atoms with Gasteiger partial charge in [-0.25, -0.2) is 8.78 Å². The first-order chi connectivity index (χ1) is 16.2. The topological polar surface area (TPSA) is 85.2 Å². The molecule has 0 amide bonds. The summed E-state index contributed by atoms with van der Waals surface area (Å²) in [5.74, 6) is -1.41. The lowest BCUT2D eigenvalue weighted by atomic mass is 9.86. The molecule has 0 radical (unpaired) electrons. The molecule has 1 aromatic rings. The van der Waals surface area contributed by atoms with E-state index in [1.807, 2.05) is 13.8 Å². The van der Waals surface area contributed by atoms with Gasteiger partial charge in [-0.3, -0.25) is 4.79 Å². The first kappa shape index (κ1) is 26.6. The number of ether oxygens (including phenoxy) is 3. The number of aliphatic hydroxyl groups is 2. The molecule has 0 bridgehead atoms. The third-order valence-electron chi connectivity index (χ3n) is 6.56. The number of benzene rings is 1.